The van der Waals surface area contributed by atoms with Gasteiger partial charge in [-0.25, -0.2) is 9.78 Å². The number of rotatable bonds is 2. The van der Waals surface area contributed by atoms with Crippen molar-refractivity contribution < 1.29 is 14.3 Å². The second-order valence-electron chi connectivity index (χ2n) is 6.63. The summed E-state index contributed by atoms with van der Waals surface area (Å²) < 4.78 is 5.37. The highest BCUT2D eigenvalue weighted by Gasteiger charge is 2.33. The van der Waals surface area contributed by atoms with Gasteiger partial charge in [-0.15, -0.1) is 0 Å². The molecule has 23 heavy (non-hydrogen) atoms. The summed E-state index contributed by atoms with van der Waals surface area (Å²) >= 11 is 5.98. The van der Waals surface area contributed by atoms with E-state index in [0.717, 1.165) is 0 Å². The third-order valence-corrected chi connectivity index (χ3v) is 3.97. The molecule has 6 nitrogen and oxygen atoms in total. The van der Waals surface area contributed by atoms with Crippen molar-refractivity contribution in [3.63, 3.8) is 0 Å². The lowest BCUT2D eigenvalue weighted by Gasteiger charge is -2.27. The molecule has 2 amide bonds. The Morgan fingerprint density at radius 2 is 2.13 bits per heavy atom. The van der Waals surface area contributed by atoms with E-state index in [1.165, 1.54) is 0 Å². The molecular formula is C16H22ClN3O3. The smallest absolute Gasteiger partial charge is 0.410 e. The Balaban J connectivity index is 2.00. The minimum absolute atomic E-state index is 0.0636. The number of likely N-dealkylation sites (N-methyl/N-ethyl adjacent to an activating group) is 1. The molecule has 1 aromatic rings. The first-order chi connectivity index (χ1) is 10.7. The molecule has 1 aromatic heterocycles. The Labute approximate surface area is 141 Å². The number of nitrogens with zero attached hydrogens (tertiary/aromatic N) is 3. The molecule has 1 saturated heterocycles. The van der Waals surface area contributed by atoms with E-state index < -0.39 is 5.60 Å². The second-order valence-corrected chi connectivity index (χ2v) is 6.98. The van der Waals surface area contributed by atoms with Crippen LogP contribution in [0.25, 0.3) is 0 Å². The number of halogens is 1. The Morgan fingerprint density at radius 1 is 1.43 bits per heavy atom. The summed E-state index contributed by atoms with van der Waals surface area (Å²) in [5, 5.41) is 0.186. The minimum atomic E-state index is -0.528. The van der Waals surface area contributed by atoms with Gasteiger partial charge in [0.15, 0.2) is 0 Å². The van der Waals surface area contributed by atoms with Crippen molar-refractivity contribution in [2.45, 2.75) is 38.8 Å². The highest BCUT2D eigenvalue weighted by Crippen LogP contribution is 2.21. The Bertz CT molecular complexity index is 600. The van der Waals surface area contributed by atoms with Gasteiger partial charge in [-0.2, -0.15) is 0 Å². The number of carbonyl (C=O) groups excluding carboxylic acids is 2. The fourth-order valence-electron chi connectivity index (χ4n) is 2.45. The van der Waals surface area contributed by atoms with E-state index in [9.17, 15) is 9.59 Å². The summed E-state index contributed by atoms with van der Waals surface area (Å²) in [5.74, 6) is -0.195. The predicted molar refractivity (Wildman–Crippen MR) is 87.6 cm³/mol. The zero-order valence-corrected chi connectivity index (χ0v) is 14.6. The van der Waals surface area contributed by atoms with Gasteiger partial charge in [0.2, 0.25) is 0 Å². The third-order valence-electron chi connectivity index (χ3n) is 3.67. The normalized spacial score (nSPS) is 18.0. The van der Waals surface area contributed by atoms with E-state index in [1.54, 1.807) is 35.2 Å². The van der Waals surface area contributed by atoms with Crippen LogP contribution in [0.4, 0.5) is 4.79 Å². The van der Waals surface area contributed by atoms with Crippen molar-refractivity contribution in [2.75, 3.05) is 20.1 Å². The predicted octanol–water partition coefficient (Wildman–Crippen LogP) is 2.82. The van der Waals surface area contributed by atoms with E-state index in [4.69, 9.17) is 16.3 Å². The van der Waals surface area contributed by atoms with E-state index in [1.807, 2.05) is 20.8 Å². The second kappa shape index (κ2) is 6.74. The lowest BCUT2D eigenvalue weighted by molar-refractivity contribution is 0.0279. The molecule has 0 aromatic carbocycles. The van der Waals surface area contributed by atoms with Crippen LogP contribution in [0.15, 0.2) is 18.3 Å². The van der Waals surface area contributed by atoms with Gasteiger partial charge in [-0.1, -0.05) is 11.6 Å². The van der Waals surface area contributed by atoms with Crippen LogP contribution in [0, 0.1) is 0 Å². The summed E-state index contributed by atoms with van der Waals surface area (Å²) in [5.41, 5.74) is -0.160. The van der Waals surface area contributed by atoms with Crippen LogP contribution in [0.1, 0.15) is 37.6 Å². The standard InChI is InChI=1S/C16H22ClN3O3/c1-16(2,3)23-15(22)20-9-7-11(10-20)19(4)14(21)12-6-5-8-18-13(12)17/h5-6,8,11H,7,9-10H2,1-4H3/t11-/m1/s1. The number of carbonyl (C=O) groups is 2. The quantitative estimate of drug-likeness (QED) is 0.777. The lowest BCUT2D eigenvalue weighted by atomic mass is 10.2. The maximum atomic E-state index is 12.5. The minimum Gasteiger partial charge on any atom is -0.444 e. The lowest BCUT2D eigenvalue weighted by Crippen LogP contribution is -2.41. The molecule has 0 saturated carbocycles. The molecular weight excluding hydrogens is 318 g/mol. The third kappa shape index (κ3) is 4.34. The zero-order valence-electron chi connectivity index (χ0n) is 13.9. The molecule has 126 valence electrons. The number of amides is 2. The Hall–Kier alpha value is -1.82. The zero-order chi connectivity index (χ0) is 17.2. The van der Waals surface area contributed by atoms with Crippen LogP contribution in [-0.4, -0.2) is 58.6 Å². The van der Waals surface area contributed by atoms with Crippen molar-refractivity contribution in [3.05, 3.63) is 29.0 Å². The summed E-state index contributed by atoms with van der Waals surface area (Å²) in [6.45, 7) is 6.52. The van der Waals surface area contributed by atoms with Crippen molar-refractivity contribution in [2.24, 2.45) is 0 Å². The van der Waals surface area contributed by atoms with Gasteiger partial charge in [0.25, 0.3) is 5.91 Å². The molecule has 1 fully saturated rings. The average molecular weight is 340 g/mol. The fourth-order valence-corrected chi connectivity index (χ4v) is 2.65. The van der Waals surface area contributed by atoms with E-state index >= 15 is 0 Å². The van der Waals surface area contributed by atoms with Crippen LogP contribution in [0.3, 0.4) is 0 Å². The van der Waals surface area contributed by atoms with Gasteiger partial charge < -0.3 is 14.5 Å². The van der Waals surface area contributed by atoms with Crippen molar-refractivity contribution >= 4 is 23.6 Å². The number of aromatic nitrogens is 1. The SMILES string of the molecule is CN(C(=O)c1cccnc1Cl)[C@@H]1CCN(C(=O)OC(C)(C)C)C1. The number of hydrogen-bond acceptors (Lipinski definition) is 4. The molecule has 0 spiro atoms. The molecule has 2 heterocycles. The van der Waals surface area contributed by atoms with Crippen LogP contribution >= 0.6 is 11.6 Å². The van der Waals surface area contributed by atoms with Gasteiger partial charge in [0, 0.05) is 26.3 Å². The molecule has 1 atom stereocenters. The molecule has 0 aliphatic carbocycles. The number of pyridine rings is 1. The van der Waals surface area contributed by atoms with Crippen molar-refractivity contribution in [3.8, 4) is 0 Å². The maximum absolute atomic E-state index is 12.5. The van der Waals surface area contributed by atoms with Gasteiger partial charge in [-0.3, -0.25) is 4.79 Å². The molecule has 0 unspecified atom stereocenters. The topological polar surface area (TPSA) is 62.7 Å². The highest BCUT2D eigenvalue weighted by atomic mass is 35.5. The van der Waals surface area contributed by atoms with Gasteiger partial charge in [-0.05, 0) is 39.3 Å². The highest BCUT2D eigenvalue weighted by molar-refractivity contribution is 6.32. The number of ether oxygens (including phenoxy) is 1. The van der Waals surface area contributed by atoms with Crippen LogP contribution in [-0.2, 0) is 4.74 Å². The number of likely N-dealkylation sites (tertiary alicyclic amines) is 1. The van der Waals surface area contributed by atoms with E-state index in [-0.39, 0.29) is 23.2 Å². The van der Waals surface area contributed by atoms with E-state index in [0.29, 0.717) is 25.1 Å². The summed E-state index contributed by atoms with van der Waals surface area (Å²) in [7, 11) is 1.72. The van der Waals surface area contributed by atoms with Gasteiger partial charge >= 0.3 is 6.09 Å². The molecule has 0 radical (unpaired) electrons. The molecule has 1 aliphatic rings. The Kier molecular flexibility index (Phi) is 5.14. The van der Waals surface area contributed by atoms with Crippen molar-refractivity contribution in [1.29, 1.82) is 0 Å². The van der Waals surface area contributed by atoms with Crippen molar-refractivity contribution in [1.82, 2.24) is 14.8 Å². The average Bonchev–Trinajstić information content (AvgIpc) is 2.94. The van der Waals surface area contributed by atoms with Gasteiger partial charge in [0.05, 0.1) is 11.6 Å². The van der Waals surface area contributed by atoms with Gasteiger partial charge in [0.1, 0.15) is 10.8 Å². The molecule has 1 aliphatic heterocycles. The molecule has 0 bridgehead atoms. The summed E-state index contributed by atoms with van der Waals surface area (Å²) in [4.78, 5) is 31.8. The van der Waals surface area contributed by atoms with Crippen LogP contribution < -0.4 is 0 Å². The summed E-state index contributed by atoms with van der Waals surface area (Å²) in [6.07, 6.45) is 1.90. The van der Waals surface area contributed by atoms with Crippen LogP contribution in [0.2, 0.25) is 5.15 Å². The molecule has 0 N–H and O–H groups in total. The first-order valence-electron chi connectivity index (χ1n) is 7.54. The van der Waals surface area contributed by atoms with E-state index in [2.05, 4.69) is 4.98 Å². The first kappa shape index (κ1) is 17.5. The van der Waals surface area contributed by atoms with Crippen LogP contribution in [0.5, 0.6) is 0 Å². The monoisotopic (exact) mass is 339 g/mol. The fraction of sp³-hybridized carbons (Fsp3) is 0.562. The number of hydrogen-bond donors (Lipinski definition) is 0. The maximum Gasteiger partial charge on any atom is 0.410 e. The molecule has 7 heteroatoms. The Morgan fingerprint density at radius 3 is 2.74 bits per heavy atom. The molecule has 2 rings (SSSR count). The summed E-state index contributed by atoms with van der Waals surface area (Å²) in [6, 6.07) is 3.26. The largest absolute Gasteiger partial charge is 0.444 e. The first-order valence-corrected chi connectivity index (χ1v) is 7.92.